The number of rotatable bonds is 5. The Morgan fingerprint density at radius 1 is 1.15 bits per heavy atom. The van der Waals surface area contributed by atoms with E-state index < -0.39 is 0 Å². The second-order valence-electron chi connectivity index (χ2n) is 5.73. The zero-order valence-electron chi connectivity index (χ0n) is 14.6. The van der Waals surface area contributed by atoms with Crippen LogP contribution in [0.5, 0.6) is 5.75 Å². The normalized spacial score (nSPS) is 10.5. The predicted molar refractivity (Wildman–Crippen MR) is 107 cm³/mol. The third-order valence-corrected chi connectivity index (χ3v) is 5.05. The quantitative estimate of drug-likeness (QED) is 0.613. The van der Waals surface area contributed by atoms with Crippen LogP contribution in [0.4, 0.5) is 16.5 Å². The molecule has 0 saturated heterocycles. The fraction of sp³-hybridized carbons (Fsp3) is 0.158. The van der Waals surface area contributed by atoms with Crippen molar-refractivity contribution in [3.63, 3.8) is 0 Å². The molecule has 134 valence electrons. The number of aryl methyl sites for hydroxylation is 2. The lowest BCUT2D eigenvalue weighted by Crippen LogP contribution is -2.11. The summed E-state index contributed by atoms with van der Waals surface area (Å²) in [6.45, 7) is 3.84. The van der Waals surface area contributed by atoms with Crippen molar-refractivity contribution in [3.8, 4) is 5.75 Å². The number of carbonyl (C=O) groups is 1. The summed E-state index contributed by atoms with van der Waals surface area (Å²) in [5.41, 5.74) is 3.36. The molecular weight excluding hydrogens is 370 g/mol. The maximum Gasteiger partial charge on any atom is 0.267 e. The van der Waals surface area contributed by atoms with E-state index in [9.17, 15) is 4.79 Å². The van der Waals surface area contributed by atoms with Crippen LogP contribution < -0.4 is 15.4 Å². The predicted octanol–water partition coefficient (Wildman–Crippen LogP) is 5.42. The number of carbonyl (C=O) groups excluding carboxylic acids is 1. The minimum atomic E-state index is -0.224. The smallest absolute Gasteiger partial charge is 0.267 e. The Morgan fingerprint density at radius 2 is 1.96 bits per heavy atom. The molecule has 0 radical (unpaired) electrons. The van der Waals surface area contributed by atoms with Gasteiger partial charge in [0.05, 0.1) is 17.8 Å². The Hall–Kier alpha value is -2.57. The number of amides is 1. The first kappa shape index (κ1) is 18.2. The zero-order valence-corrected chi connectivity index (χ0v) is 16.2. The number of benzene rings is 2. The molecule has 1 amide bonds. The van der Waals surface area contributed by atoms with Crippen LogP contribution in [0.1, 0.15) is 20.9 Å². The Bertz CT molecular complexity index is 956. The van der Waals surface area contributed by atoms with Crippen molar-refractivity contribution < 1.29 is 9.53 Å². The summed E-state index contributed by atoms with van der Waals surface area (Å²) in [5, 5.41) is 7.19. The van der Waals surface area contributed by atoms with Gasteiger partial charge in [0.2, 0.25) is 0 Å². The molecule has 3 rings (SSSR count). The van der Waals surface area contributed by atoms with Gasteiger partial charge in [-0.3, -0.25) is 4.79 Å². The Kier molecular flexibility index (Phi) is 5.44. The number of hydrogen-bond acceptors (Lipinski definition) is 5. The number of methoxy groups -OCH3 is 1. The molecule has 1 aromatic heterocycles. The van der Waals surface area contributed by atoms with Crippen LogP contribution in [0.3, 0.4) is 0 Å². The summed E-state index contributed by atoms with van der Waals surface area (Å²) in [6, 6.07) is 13.1. The van der Waals surface area contributed by atoms with Crippen molar-refractivity contribution in [1.29, 1.82) is 0 Å². The third kappa shape index (κ3) is 4.15. The molecule has 0 aliphatic carbocycles. The van der Waals surface area contributed by atoms with E-state index in [1.807, 2.05) is 38.1 Å². The average Bonchev–Trinajstić information content (AvgIpc) is 2.95. The first-order valence-corrected chi connectivity index (χ1v) is 9.11. The van der Waals surface area contributed by atoms with Gasteiger partial charge in [-0.25, -0.2) is 4.98 Å². The van der Waals surface area contributed by atoms with Gasteiger partial charge < -0.3 is 15.4 Å². The van der Waals surface area contributed by atoms with Crippen molar-refractivity contribution in [2.75, 3.05) is 17.7 Å². The fourth-order valence-electron chi connectivity index (χ4n) is 2.44. The topological polar surface area (TPSA) is 63.2 Å². The first-order valence-electron chi connectivity index (χ1n) is 7.92. The van der Waals surface area contributed by atoms with Crippen molar-refractivity contribution >= 4 is 45.4 Å². The van der Waals surface area contributed by atoms with Gasteiger partial charge in [0.25, 0.3) is 5.91 Å². The van der Waals surface area contributed by atoms with Gasteiger partial charge in [-0.1, -0.05) is 35.1 Å². The van der Waals surface area contributed by atoms with Crippen LogP contribution in [-0.2, 0) is 0 Å². The maximum absolute atomic E-state index is 12.6. The zero-order chi connectivity index (χ0) is 18.7. The van der Waals surface area contributed by atoms with E-state index in [1.54, 1.807) is 25.3 Å². The van der Waals surface area contributed by atoms with Gasteiger partial charge in [-0.2, -0.15) is 0 Å². The number of nitrogens with zero attached hydrogens (tertiary/aromatic N) is 1. The van der Waals surface area contributed by atoms with E-state index >= 15 is 0 Å². The van der Waals surface area contributed by atoms with E-state index in [-0.39, 0.29) is 5.91 Å². The number of nitrogens with one attached hydrogen (secondary N) is 2. The molecule has 2 N–H and O–H groups in total. The highest BCUT2D eigenvalue weighted by Crippen LogP contribution is 2.29. The molecule has 1 heterocycles. The average molecular weight is 388 g/mol. The lowest BCUT2D eigenvalue weighted by atomic mass is 10.2. The van der Waals surface area contributed by atoms with E-state index in [0.29, 0.717) is 32.2 Å². The van der Waals surface area contributed by atoms with Crippen LogP contribution in [0.2, 0.25) is 5.02 Å². The van der Waals surface area contributed by atoms with Gasteiger partial charge in [0.15, 0.2) is 5.13 Å². The molecular formula is C19H18ClN3O2S. The molecule has 26 heavy (non-hydrogen) atoms. The number of ether oxygens (including phenoxy) is 1. The van der Waals surface area contributed by atoms with Gasteiger partial charge in [-0.05, 0) is 49.7 Å². The second kappa shape index (κ2) is 7.76. The van der Waals surface area contributed by atoms with Crippen molar-refractivity contribution in [3.05, 3.63) is 63.6 Å². The number of hydrogen-bond donors (Lipinski definition) is 2. The third-order valence-electron chi connectivity index (χ3n) is 3.68. The standard InChI is InChI=1S/C19H18ClN3O2S/c1-11-5-4-6-13(9-11)23-19-21-12(2)17(26-19)18(24)22-14-7-8-16(25-3)15(20)10-14/h4-10H,1-3H3,(H,21,23)(H,22,24). The molecule has 2 aromatic carbocycles. The first-order chi connectivity index (χ1) is 12.5. The van der Waals surface area contributed by atoms with Gasteiger partial charge in [-0.15, -0.1) is 0 Å². The fourth-order valence-corrected chi connectivity index (χ4v) is 3.58. The van der Waals surface area contributed by atoms with E-state index in [1.165, 1.54) is 11.3 Å². The molecule has 5 nitrogen and oxygen atoms in total. The Morgan fingerprint density at radius 3 is 2.65 bits per heavy atom. The number of anilines is 3. The van der Waals surface area contributed by atoms with Crippen LogP contribution in [0.15, 0.2) is 42.5 Å². The number of aromatic nitrogens is 1. The minimum Gasteiger partial charge on any atom is -0.495 e. The lowest BCUT2D eigenvalue weighted by Gasteiger charge is -2.07. The molecule has 0 saturated carbocycles. The molecule has 0 fully saturated rings. The summed E-state index contributed by atoms with van der Waals surface area (Å²) in [7, 11) is 1.54. The Labute approximate surface area is 161 Å². The Balaban J connectivity index is 1.75. The van der Waals surface area contributed by atoms with E-state index in [2.05, 4.69) is 15.6 Å². The summed E-state index contributed by atoms with van der Waals surface area (Å²) in [6.07, 6.45) is 0. The molecule has 0 aliphatic rings. The summed E-state index contributed by atoms with van der Waals surface area (Å²) in [5.74, 6) is 0.335. The van der Waals surface area contributed by atoms with Crippen LogP contribution in [0.25, 0.3) is 0 Å². The van der Waals surface area contributed by atoms with Gasteiger partial charge in [0.1, 0.15) is 10.6 Å². The molecule has 0 aliphatic heterocycles. The number of halogens is 1. The largest absolute Gasteiger partial charge is 0.495 e. The van der Waals surface area contributed by atoms with E-state index in [0.717, 1.165) is 11.3 Å². The summed E-state index contributed by atoms with van der Waals surface area (Å²) in [4.78, 5) is 17.6. The monoisotopic (exact) mass is 387 g/mol. The maximum atomic E-state index is 12.6. The van der Waals surface area contributed by atoms with Crippen molar-refractivity contribution in [1.82, 2.24) is 4.98 Å². The molecule has 0 unspecified atom stereocenters. The summed E-state index contributed by atoms with van der Waals surface area (Å²) < 4.78 is 5.12. The van der Waals surface area contributed by atoms with Gasteiger partial charge in [0, 0.05) is 11.4 Å². The molecule has 3 aromatic rings. The molecule has 0 atom stereocenters. The number of thiazole rings is 1. The SMILES string of the molecule is COc1ccc(NC(=O)c2sc(Nc3cccc(C)c3)nc2C)cc1Cl. The highest BCUT2D eigenvalue weighted by molar-refractivity contribution is 7.17. The summed E-state index contributed by atoms with van der Waals surface area (Å²) >= 11 is 7.41. The van der Waals surface area contributed by atoms with Gasteiger partial charge >= 0.3 is 0 Å². The highest BCUT2D eigenvalue weighted by Gasteiger charge is 2.16. The second-order valence-corrected chi connectivity index (χ2v) is 7.14. The van der Waals surface area contributed by atoms with E-state index in [4.69, 9.17) is 16.3 Å². The molecule has 0 spiro atoms. The highest BCUT2D eigenvalue weighted by atomic mass is 35.5. The van der Waals surface area contributed by atoms with Crippen LogP contribution >= 0.6 is 22.9 Å². The molecule has 0 bridgehead atoms. The minimum absolute atomic E-state index is 0.224. The van der Waals surface area contributed by atoms with Crippen LogP contribution in [0, 0.1) is 13.8 Å². The van der Waals surface area contributed by atoms with Crippen molar-refractivity contribution in [2.24, 2.45) is 0 Å². The van der Waals surface area contributed by atoms with Crippen LogP contribution in [-0.4, -0.2) is 18.0 Å². The van der Waals surface area contributed by atoms with Crippen molar-refractivity contribution in [2.45, 2.75) is 13.8 Å². The lowest BCUT2D eigenvalue weighted by molar-refractivity contribution is 0.103. The molecule has 7 heteroatoms.